The zero-order valence-corrected chi connectivity index (χ0v) is 17.9. The molecule has 0 bridgehead atoms. The number of phenols is 1. The van der Waals surface area contributed by atoms with Crippen LogP contribution in [0.15, 0.2) is 39.5 Å². The summed E-state index contributed by atoms with van der Waals surface area (Å²) in [5, 5.41) is 21.1. The molecule has 0 unspecified atom stereocenters. The number of carbonyl (C=O) groups is 1. The summed E-state index contributed by atoms with van der Waals surface area (Å²) >= 11 is 0. The summed E-state index contributed by atoms with van der Waals surface area (Å²) in [5.74, 6) is -0.200. The van der Waals surface area contributed by atoms with E-state index in [0.29, 0.717) is 40.3 Å². The van der Waals surface area contributed by atoms with Gasteiger partial charge in [0.1, 0.15) is 17.1 Å². The second-order valence-corrected chi connectivity index (χ2v) is 7.69. The smallest absolute Gasteiger partial charge is 0.344 e. The van der Waals surface area contributed by atoms with Crippen LogP contribution in [0.5, 0.6) is 11.5 Å². The molecule has 0 saturated carbocycles. The van der Waals surface area contributed by atoms with Gasteiger partial charge in [0.05, 0.1) is 36.5 Å². The number of unbranched alkanes of at least 4 members (excludes halogenated alkanes) is 1. The van der Waals surface area contributed by atoms with Crippen LogP contribution in [0, 0.1) is 10.1 Å². The van der Waals surface area contributed by atoms with Crippen LogP contribution < -0.4 is 10.4 Å². The minimum atomic E-state index is -1.16. The monoisotopic (exact) mass is 445 g/mol. The molecule has 3 aromatic rings. The Balaban J connectivity index is 1.88. The van der Waals surface area contributed by atoms with E-state index >= 15 is 0 Å². The maximum atomic E-state index is 12.7. The third-order valence-corrected chi connectivity index (χ3v) is 5.20. The van der Waals surface area contributed by atoms with Gasteiger partial charge in [-0.15, -0.1) is 10.1 Å². The lowest BCUT2D eigenvalue weighted by atomic mass is 9.84. The molecule has 3 rings (SSSR count). The Bertz CT molecular complexity index is 1230. The lowest BCUT2D eigenvalue weighted by Crippen LogP contribution is -2.31. The number of rotatable bonds is 9. The van der Waals surface area contributed by atoms with E-state index in [9.17, 15) is 24.8 Å². The Morgan fingerprint density at radius 2 is 1.88 bits per heavy atom. The molecular weight excluding hydrogens is 422 g/mol. The minimum absolute atomic E-state index is 0.0580. The number of methoxy groups -OCH3 is 1. The Hall–Kier alpha value is -3.82. The van der Waals surface area contributed by atoms with Crippen LogP contribution in [0.1, 0.15) is 32.3 Å². The standard InChI is InChI=1S/C22H23NO9/c1-22(2,21(26)30-8-4-5-9-31-23(27)28)13-10-17(24)19-16-12-14(29-3)6-7-15(16)20(25)32-18(19)11-13/h6-7,10-12,24H,4-5,8-9H2,1-3H3. The van der Waals surface area contributed by atoms with Crippen LogP contribution in [-0.2, 0) is 19.8 Å². The van der Waals surface area contributed by atoms with Gasteiger partial charge in [0.25, 0.3) is 5.09 Å². The maximum Gasteiger partial charge on any atom is 0.344 e. The Labute approximate surface area is 182 Å². The van der Waals surface area contributed by atoms with Gasteiger partial charge in [-0.2, -0.15) is 0 Å². The van der Waals surface area contributed by atoms with E-state index in [2.05, 4.69) is 4.84 Å². The van der Waals surface area contributed by atoms with Gasteiger partial charge >= 0.3 is 11.6 Å². The molecule has 1 heterocycles. The molecule has 0 aliphatic heterocycles. The molecule has 1 aromatic heterocycles. The molecular formula is C22H23NO9. The molecule has 0 amide bonds. The van der Waals surface area contributed by atoms with Crippen molar-refractivity contribution in [1.29, 1.82) is 0 Å². The maximum absolute atomic E-state index is 12.7. The van der Waals surface area contributed by atoms with Crippen LogP contribution in [0.2, 0.25) is 0 Å². The zero-order valence-electron chi connectivity index (χ0n) is 17.9. The highest BCUT2D eigenvalue weighted by atomic mass is 16.9. The van der Waals surface area contributed by atoms with Gasteiger partial charge in [0, 0.05) is 5.39 Å². The van der Waals surface area contributed by atoms with Gasteiger partial charge in [0.2, 0.25) is 0 Å². The summed E-state index contributed by atoms with van der Waals surface area (Å²) in [5.41, 5.74) is -1.22. The molecule has 170 valence electrons. The summed E-state index contributed by atoms with van der Waals surface area (Å²) in [4.78, 5) is 39.4. The van der Waals surface area contributed by atoms with Crippen LogP contribution in [0.4, 0.5) is 0 Å². The number of esters is 1. The average Bonchev–Trinajstić information content (AvgIpc) is 2.74. The number of fused-ring (bicyclic) bond motifs is 3. The van der Waals surface area contributed by atoms with Crippen molar-refractivity contribution in [2.24, 2.45) is 0 Å². The first-order chi connectivity index (χ1) is 15.1. The largest absolute Gasteiger partial charge is 0.507 e. The molecule has 2 aromatic carbocycles. The van der Waals surface area contributed by atoms with Crippen molar-refractivity contribution in [2.75, 3.05) is 20.3 Å². The lowest BCUT2D eigenvalue weighted by molar-refractivity contribution is -0.757. The van der Waals surface area contributed by atoms with Gasteiger partial charge in [0.15, 0.2) is 0 Å². The number of nitrogens with zero attached hydrogens (tertiary/aromatic N) is 1. The van der Waals surface area contributed by atoms with Crippen LogP contribution in [-0.4, -0.2) is 36.5 Å². The molecule has 0 spiro atoms. The van der Waals surface area contributed by atoms with E-state index in [-0.39, 0.29) is 24.5 Å². The van der Waals surface area contributed by atoms with E-state index in [1.807, 2.05) is 0 Å². The highest BCUT2D eigenvalue weighted by Crippen LogP contribution is 2.37. The molecule has 0 saturated heterocycles. The van der Waals surface area contributed by atoms with Crippen LogP contribution in [0.3, 0.4) is 0 Å². The third-order valence-electron chi connectivity index (χ3n) is 5.20. The van der Waals surface area contributed by atoms with Crippen molar-refractivity contribution in [3.63, 3.8) is 0 Å². The fourth-order valence-electron chi connectivity index (χ4n) is 3.31. The first-order valence-corrected chi connectivity index (χ1v) is 9.87. The highest BCUT2D eigenvalue weighted by molar-refractivity contribution is 6.08. The number of aromatic hydroxyl groups is 1. The fourth-order valence-corrected chi connectivity index (χ4v) is 3.31. The molecule has 0 aliphatic carbocycles. The zero-order chi connectivity index (χ0) is 23.5. The first kappa shape index (κ1) is 22.9. The summed E-state index contributed by atoms with van der Waals surface area (Å²) in [6.45, 7) is 3.22. The summed E-state index contributed by atoms with van der Waals surface area (Å²) in [6, 6.07) is 7.79. The molecule has 0 aliphatic rings. The number of hydrogen-bond acceptors (Lipinski definition) is 9. The quantitative estimate of drug-likeness (QED) is 0.131. The normalized spacial score (nSPS) is 11.5. The van der Waals surface area contributed by atoms with Crippen molar-refractivity contribution in [3.05, 3.63) is 56.4 Å². The van der Waals surface area contributed by atoms with Gasteiger partial charge in [-0.05, 0) is 62.6 Å². The molecule has 10 heteroatoms. The predicted molar refractivity (Wildman–Crippen MR) is 114 cm³/mol. The molecule has 0 atom stereocenters. The molecule has 10 nitrogen and oxygen atoms in total. The number of hydrogen-bond donors (Lipinski definition) is 1. The Kier molecular flexibility index (Phi) is 6.52. The van der Waals surface area contributed by atoms with E-state index in [4.69, 9.17) is 13.9 Å². The van der Waals surface area contributed by atoms with E-state index < -0.39 is 22.1 Å². The third kappa shape index (κ3) is 4.58. The van der Waals surface area contributed by atoms with Crippen molar-refractivity contribution >= 4 is 27.7 Å². The van der Waals surface area contributed by atoms with Gasteiger partial charge in [-0.1, -0.05) is 0 Å². The van der Waals surface area contributed by atoms with Crippen LogP contribution in [0.25, 0.3) is 21.7 Å². The highest BCUT2D eigenvalue weighted by Gasteiger charge is 2.33. The molecule has 0 fully saturated rings. The first-order valence-electron chi connectivity index (χ1n) is 9.87. The van der Waals surface area contributed by atoms with Gasteiger partial charge in [-0.25, -0.2) is 4.79 Å². The van der Waals surface area contributed by atoms with Crippen molar-refractivity contribution in [2.45, 2.75) is 32.1 Å². The summed E-state index contributed by atoms with van der Waals surface area (Å²) < 4.78 is 15.9. The number of carbonyl (C=O) groups excluding carboxylic acids is 1. The van der Waals surface area contributed by atoms with E-state index in [0.717, 1.165) is 0 Å². The lowest BCUT2D eigenvalue weighted by Gasteiger charge is -2.24. The van der Waals surface area contributed by atoms with Crippen molar-refractivity contribution < 1.29 is 33.7 Å². The summed E-state index contributed by atoms with van der Waals surface area (Å²) in [6.07, 6.45) is 0.745. The minimum Gasteiger partial charge on any atom is -0.507 e. The van der Waals surface area contributed by atoms with Crippen LogP contribution >= 0.6 is 0 Å². The van der Waals surface area contributed by atoms with Crippen molar-refractivity contribution in [1.82, 2.24) is 0 Å². The SMILES string of the molecule is COc1ccc2c(=O)oc3cc(C(C)(C)C(=O)OCCCCO[N+](=O)[O-])cc(O)c3c2c1. The molecule has 32 heavy (non-hydrogen) atoms. The number of benzene rings is 2. The number of phenolic OH excluding ortho intramolecular Hbond substituents is 1. The second kappa shape index (κ2) is 9.13. The number of ether oxygens (including phenoxy) is 2. The predicted octanol–water partition coefficient (Wildman–Crippen LogP) is 3.47. The molecule has 0 radical (unpaired) electrons. The van der Waals surface area contributed by atoms with Gasteiger partial charge in [-0.3, -0.25) is 4.79 Å². The Morgan fingerprint density at radius 3 is 2.56 bits per heavy atom. The van der Waals surface area contributed by atoms with Crippen molar-refractivity contribution in [3.8, 4) is 11.5 Å². The fraction of sp³-hybridized carbons (Fsp3) is 0.364. The summed E-state index contributed by atoms with van der Waals surface area (Å²) in [7, 11) is 1.50. The topological polar surface area (TPSA) is 138 Å². The van der Waals surface area contributed by atoms with E-state index in [1.54, 1.807) is 32.0 Å². The molecule has 1 N–H and O–H groups in total. The van der Waals surface area contributed by atoms with E-state index in [1.165, 1.54) is 19.2 Å². The van der Waals surface area contributed by atoms with Gasteiger partial charge < -0.3 is 23.8 Å². The average molecular weight is 445 g/mol. The Morgan fingerprint density at radius 1 is 1.16 bits per heavy atom. The second-order valence-electron chi connectivity index (χ2n) is 7.69.